The number of aromatic nitrogens is 2. The molecule has 1 atom stereocenters. The van der Waals surface area contributed by atoms with Crippen molar-refractivity contribution >= 4 is 23.2 Å². The minimum absolute atomic E-state index is 0.380. The van der Waals surface area contributed by atoms with Gasteiger partial charge in [0.05, 0.1) is 16.2 Å². The van der Waals surface area contributed by atoms with Crippen molar-refractivity contribution in [1.29, 1.82) is 0 Å². The highest BCUT2D eigenvalue weighted by atomic mass is 35.5. The van der Waals surface area contributed by atoms with E-state index >= 15 is 0 Å². The van der Waals surface area contributed by atoms with Crippen molar-refractivity contribution in [1.82, 2.24) is 9.78 Å². The van der Waals surface area contributed by atoms with Crippen LogP contribution < -0.4 is 0 Å². The highest BCUT2D eigenvalue weighted by Gasteiger charge is 2.16. The summed E-state index contributed by atoms with van der Waals surface area (Å²) in [6.45, 7) is 2.74. The average molecular weight is 271 g/mol. The van der Waals surface area contributed by atoms with Gasteiger partial charge in [-0.3, -0.25) is 4.68 Å². The molecule has 1 heterocycles. The maximum absolute atomic E-state index is 10.2. The third-order valence-corrected chi connectivity index (χ3v) is 3.40. The Morgan fingerprint density at radius 2 is 2.18 bits per heavy atom. The van der Waals surface area contributed by atoms with Gasteiger partial charge in [0.1, 0.15) is 6.10 Å². The van der Waals surface area contributed by atoms with E-state index in [0.29, 0.717) is 21.2 Å². The largest absolute Gasteiger partial charge is 0.383 e. The summed E-state index contributed by atoms with van der Waals surface area (Å²) in [4.78, 5) is 0. The van der Waals surface area contributed by atoms with Crippen LogP contribution in [0.1, 0.15) is 24.2 Å². The zero-order valence-corrected chi connectivity index (χ0v) is 10.8. The van der Waals surface area contributed by atoms with Crippen molar-refractivity contribution in [2.24, 2.45) is 0 Å². The summed E-state index contributed by atoms with van der Waals surface area (Å²) in [6, 6.07) is 5.20. The molecule has 90 valence electrons. The monoisotopic (exact) mass is 270 g/mol. The first-order chi connectivity index (χ1) is 8.13. The van der Waals surface area contributed by atoms with Crippen LogP contribution in [-0.4, -0.2) is 14.9 Å². The fourth-order valence-corrected chi connectivity index (χ4v) is 2.02. The van der Waals surface area contributed by atoms with Crippen molar-refractivity contribution in [2.75, 3.05) is 0 Å². The molecule has 17 heavy (non-hydrogen) atoms. The van der Waals surface area contributed by atoms with Crippen molar-refractivity contribution < 1.29 is 5.11 Å². The average Bonchev–Trinajstić information content (AvgIpc) is 2.80. The van der Waals surface area contributed by atoms with Crippen molar-refractivity contribution in [3.63, 3.8) is 0 Å². The fourth-order valence-electron chi connectivity index (χ4n) is 1.60. The minimum Gasteiger partial charge on any atom is -0.383 e. The predicted molar refractivity (Wildman–Crippen MR) is 68.4 cm³/mol. The molecule has 2 aromatic rings. The van der Waals surface area contributed by atoms with Crippen LogP contribution in [0.25, 0.3) is 0 Å². The van der Waals surface area contributed by atoms with Gasteiger partial charge in [-0.2, -0.15) is 5.10 Å². The Balaban J connectivity index is 2.36. The van der Waals surface area contributed by atoms with Crippen molar-refractivity contribution in [3.05, 3.63) is 51.8 Å². The number of rotatable bonds is 3. The number of nitrogens with zero attached hydrogens (tertiary/aromatic N) is 2. The van der Waals surface area contributed by atoms with E-state index < -0.39 is 6.10 Å². The summed E-state index contributed by atoms with van der Waals surface area (Å²) in [7, 11) is 0. The summed E-state index contributed by atoms with van der Waals surface area (Å²) >= 11 is 12.0. The number of benzene rings is 1. The Bertz CT molecular complexity index is 525. The second-order valence-corrected chi connectivity index (χ2v) is 4.46. The highest BCUT2D eigenvalue weighted by molar-refractivity contribution is 6.42. The maximum atomic E-state index is 10.2. The maximum Gasteiger partial charge on any atom is 0.109 e. The van der Waals surface area contributed by atoms with Crippen LogP contribution in [0.2, 0.25) is 10.0 Å². The number of aliphatic hydroxyl groups excluding tert-OH is 1. The Morgan fingerprint density at radius 3 is 2.82 bits per heavy atom. The number of halogens is 2. The molecule has 3 nitrogen and oxygen atoms in total. The summed E-state index contributed by atoms with van der Waals surface area (Å²) in [5.41, 5.74) is 1.30. The van der Waals surface area contributed by atoms with Gasteiger partial charge in [0.2, 0.25) is 0 Å². The lowest BCUT2D eigenvalue weighted by molar-refractivity contribution is 0.220. The van der Waals surface area contributed by atoms with Gasteiger partial charge in [0, 0.05) is 23.9 Å². The van der Waals surface area contributed by atoms with Gasteiger partial charge in [-0.1, -0.05) is 35.3 Å². The molecule has 0 aliphatic rings. The van der Waals surface area contributed by atoms with Crippen LogP contribution >= 0.6 is 23.2 Å². The second kappa shape index (κ2) is 5.08. The third kappa shape index (κ3) is 2.46. The lowest BCUT2D eigenvalue weighted by atomic mass is 10.0. The topological polar surface area (TPSA) is 38.0 Å². The first-order valence-corrected chi connectivity index (χ1v) is 6.03. The van der Waals surface area contributed by atoms with E-state index in [4.69, 9.17) is 23.2 Å². The van der Waals surface area contributed by atoms with E-state index in [1.165, 1.54) is 0 Å². The van der Waals surface area contributed by atoms with E-state index in [0.717, 1.165) is 6.54 Å². The molecule has 0 radical (unpaired) electrons. The van der Waals surface area contributed by atoms with E-state index in [9.17, 15) is 5.11 Å². The molecule has 0 saturated carbocycles. The van der Waals surface area contributed by atoms with E-state index in [1.54, 1.807) is 35.3 Å². The predicted octanol–water partition coefficient (Wildman–Crippen LogP) is 3.29. The van der Waals surface area contributed by atoms with Crippen LogP contribution in [0.5, 0.6) is 0 Å². The van der Waals surface area contributed by atoms with Crippen LogP contribution in [0.3, 0.4) is 0 Å². The van der Waals surface area contributed by atoms with Gasteiger partial charge >= 0.3 is 0 Å². The number of hydrogen-bond acceptors (Lipinski definition) is 2. The summed E-state index contributed by atoms with van der Waals surface area (Å²) in [5, 5.41) is 15.1. The molecule has 5 heteroatoms. The number of hydrogen-bond donors (Lipinski definition) is 1. The molecule has 0 amide bonds. The second-order valence-electron chi connectivity index (χ2n) is 3.67. The fraction of sp³-hybridized carbons (Fsp3) is 0.250. The molecule has 0 aliphatic heterocycles. The first kappa shape index (κ1) is 12.4. The quantitative estimate of drug-likeness (QED) is 0.930. The van der Waals surface area contributed by atoms with E-state index in [-0.39, 0.29) is 0 Å². The van der Waals surface area contributed by atoms with Gasteiger partial charge in [0.25, 0.3) is 0 Å². The normalized spacial score (nSPS) is 12.7. The Kier molecular flexibility index (Phi) is 3.72. The summed E-state index contributed by atoms with van der Waals surface area (Å²) < 4.78 is 1.75. The van der Waals surface area contributed by atoms with Gasteiger partial charge in [-0.15, -0.1) is 0 Å². The highest BCUT2D eigenvalue weighted by Crippen LogP contribution is 2.32. The molecule has 0 spiro atoms. The smallest absolute Gasteiger partial charge is 0.109 e. The molecule has 1 aromatic carbocycles. The van der Waals surface area contributed by atoms with Crippen molar-refractivity contribution in [2.45, 2.75) is 19.6 Å². The van der Waals surface area contributed by atoms with E-state index in [2.05, 4.69) is 5.10 Å². The Hall–Kier alpha value is -1.03. The lowest BCUT2D eigenvalue weighted by Crippen LogP contribution is -2.00. The van der Waals surface area contributed by atoms with Crippen molar-refractivity contribution in [3.8, 4) is 0 Å². The standard InChI is InChI=1S/C12H12Cl2N2O/c1-2-16-7-8(6-15-16)12(17)9-4-3-5-10(13)11(9)14/h3-7,12,17H,2H2,1H3. The van der Waals surface area contributed by atoms with Gasteiger partial charge in [0.15, 0.2) is 0 Å². The molecule has 0 fully saturated rings. The van der Waals surface area contributed by atoms with Crippen LogP contribution in [0, 0.1) is 0 Å². The van der Waals surface area contributed by atoms with Crippen LogP contribution in [0.15, 0.2) is 30.6 Å². The number of aryl methyl sites for hydroxylation is 1. The molecular formula is C12H12Cl2N2O. The Labute approximate surface area is 110 Å². The zero-order chi connectivity index (χ0) is 12.4. The number of aliphatic hydroxyl groups is 1. The molecule has 1 N–H and O–H groups in total. The lowest BCUT2D eigenvalue weighted by Gasteiger charge is -2.11. The molecule has 2 rings (SSSR count). The zero-order valence-electron chi connectivity index (χ0n) is 9.27. The molecule has 0 saturated heterocycles. The molecular weight excluding hydrogens is 259 g/mol. The molecule has 0 aliphatic carbocycles. The summed E-state index contributed by atoms with van der Waals surface area (Å²) in [5.74, 6) is 0. The van der Waals surface area contributed by atoms with Crippen LogP contribution in [0.4, 0.5) is 0 Å². The van der Waals surface area contributed by atoms with Gasteiger partial charge in [-0.05, 0) is 13.0 Å². The first-order valence-electron chi connectivity index (χ1n) is 5.27. The van der Waals surface area contributed by atoms with E-state index in [1.807, 2.05) is 6.92 Å². The summed E-state index contributed by atoms with van der Waals surface area (Å²) in [6.07, 6.45) is 2.62. The SMILES string of the molecule is CCn1cc(C(O)c2cccc(Cl)c2Cl)cn1. The van der Waals surface area contributed by atoms with Gasteiger partial charge in [-0.25, -0.2) is 0 Å². The van der Waals surface area contributed by atoms with Gasteiger partial charge < -0.3 is 5.11 Å². The third-order valence-electron chi connectivity index (χ3n) is 2.57. The Morgan fingerprint density at radius 1 is 1.41 bits per heavy atom. The molecule has 1 aromatic heterocycles. The minimum atomic E-state index is -0.804. The molecule has 0 bridgehead atoms. The molecule has 1 unspecified atom stereocenters. The van der Waals surface area contributed by atoms with Crippen LogP contribution in [-0.2, 0) is 6.54 Å².